The van der Waals surface area contributed by atoms with E-state index in [1.165, 1.54) is 23.5 Å². The topological polar surface area (TPSA) is 31.7 Å². The molecule has 2 heterocycles. The van der Waals surface area contributed by atoms with Crippen LogP contribution in [0.3, 0.4) is 0 Å². The molecule has 0 spiro atoms. The number of rotatable bonds is 8. The van der Waals surface area contributed by atoms with Crippen LogP contribution < -0.4 is 9.91 Å². The van der Waals surface area contributed by atoms with E-state index in [-0.39, 0.29) is 11.9 Å². The second-order valence-corrected chi connectivity index (χ2v) is 10.3. The third-order valence-corrected chi connectivity index (χ3v) is 7.47. The predicted octanol–water partition coefficient (Wildman–Crippen LogP) is 7.88. The molecule has 4 nitrogen and oxygen atoms in total. The van der Waals surface area contributed by atoms with E-state index in [0.717, 1.165) is 27.0 Å². The van der Waals surface area contributed by atoms with Crippen molar-refractivity contribution in [1.29, 1.82) is 0 Å². The average molecular weight is 567 g/mol. The average Bonchev–Trinajstić information content (AvgIpc) is 3.37. The monoisotopic (exact) mass is 564 g/mol. The van der Waals surface area contributed by atoms with Gasteiger partial charge in [0, 0.05) is 41.3 Å². The standard InChI is InChI=1S/C22H18Cl5FN4S/c23-5-7-31(8-6-24)22-29-21(27)20(33-22)19-12-18(13-1-3-16(28)4-2-13)30-32(19)17-10-14(25)9-15(26)11-17/h1-4,9-11,19H,5-8,12H2. The van der Waals surface area contributed by atoms with Crippen LogP contribution in [0.1, 0.15) is 22.9 Å². The summed E-state index contributed by atoms with van der Waals surface area (Å²) in [6.45, 7) is 1.21. The lowest BCUT2D eigenvalue weighted by molar-refractivity contribution is 0.627. The molecule has 33 heavy (non-hydrogen) atoms. The van der Waals surface area contributed by atoms with Crippen molar-refractivity contribution in [2.24, 2.45) is 5.10 Å². The molecule has 0 radical (unpaired) electrons. The second-order valence-electron chi connectivity index (χ2n) is 7.26. The zero-order valence-electron chi connectivity index (χ0n) is 17.1. The first kappa shape index (κ1) is 24.8. The smallest absolute Gasteiger partial charge is 0.187 e. The number of nitrogens with zero attached hydrogens (tertiary/aromatic N) is 4. The van der Waals surface area contributed by atoms with Crippen LogP contribution in [0.25, 0.3) is 0 Å². The lowest BCUT2D eigenvalue weighted by Gasteiger charge is -2.23. The molecule has 1 aliphatic rings. The Hall–Kier alpha value is -1.28. The summed E-state index contributed by atoms with van der Waals surface area (Å²) in [7, 11) is 0. The van der Waals surface area contributed by atoms with Crippen molar-refractivity contribution in [2.45, 2.75) is 12.5 Å². The molecule has 11 heteroatoms. The van der Waals surface area contributed by atoms with Crippen LogP contribution in [0.2, 0.25) is 15.2 Å². The van der Waals surface area contributed by atoms with Crippen LogP contribution in [0.4, 0.5) is 15.2 Å². The Morgan fingerprint density at radius 3 is 2.24 bits per heavy atom. The number of hydrogen-bond donors (Lipinski definition) is 0. The zero-order chi connectivity index (χ0) is 23.5. The van der Waals surface area contributed by atoms with Crippen LogP contribution in [0.15, 0.2) is 47.6 Å². The van der Waals surface area contributed by atoms with Crippen molar-refractivity contribution >= 4 is 85.9 Å². The van der Waals surface area contributed by atoms with Gasteiger partial charge in [0.1, 0.15) is 11.0 Å². The van der Waals surface area contributed by atoms with Gasteiger partial charge in [-0.15, -0.1) is 23.2 Å². The maximum Gasteiger partial charge on any atom is 0.187 e. The highest BCUT2D eigenvalue weighted by atomic mass is 35.5. The van der Waals surface area contributed by atoms with E-state index in [4.69, 9.17) is 63.1 Å². The minimum Gasteiger partial charge on any atom is -0.346 e. The summed E-state index contributed by atoms with van der Waals surface area (Å²) in [5.74, 6) is 0.580. The molecule has 174 valence electrons. The van der Waals surface area contributed by atoms with Gasteiger partial charge in [-0.25, -0.2) is 9.37 Å². The second kappa shape index (κ2) is 11.0. The Labute approximate surface area is 220 Å². The highest BCUT2D eigenvalue weighted by Crippen LogP contribution is 2.44. The Morgan fingerprint density at radius 2 is 1.64 bits per heavy atom. The summed E-state index contributed by atoms with van der Waals surface area (Å²) in [5, 5.41) is 8.81. The third-order valence-electron chi connectivity index (χ3n) is 5.08. The molecule has 1 aliphatic heterocycles. The van der Waals surface area contributed by atoms with E-state index in [1.807, 2.05) is 9.91 Å². The van der Waals surface area contributed by atoms with Crippen LogP contribution in [0.5, 0.6) is 0 Å². The lowest BCUT2D eigenvalue weighted by Crippen LogP contribution is -2.27. The van der Waals surface area contributed by atoms with Crippen LogP contribution in [-0.2, 0) is 0 Å². The molecular weight excluding hydrogens is 549 g/mol. The molecule has 1 unspecified atom stereocenters. The molecule has 0 amide bonds. The predicted molar refractivity (Wildman–Crippen MR) is 140 cm³/mol. The van der Waals surface area contributed by atoms with Gasteiger partial charge in [0.2, 0.25) is 0 Å². The fourth-order valence-electron chi connectivity index (χ4n) is 3.59. The third kappa shape index (κ3) is 5.69. The van der Waals surface area contributed by atoms with Gasteiger partial charge in [-0.2, -0.15) is 5.10 Å². The highest BCUT2D eigenvalue weighted by Gasteiger charge is 2.34. The van der Waals surface area contributed by atoms with Crippen LogP contribution >= 0.6 is 69.3 Å². The molecule has 0 fully saturated rings. The van der Waals surface area contributed by atoms with Crippen molar-refractivity contribution < 1.29 is 4.39 Å². The van der Waals surface area contributed by atoms with Crippen LogP contribution in [-0.4, -0.2) is 35.5 Å². The molecule has 1 atom stereocenters. The molecule has 0 aliphatic carbocycles. The fourth-order valence-corrected chi connectivity index (χ4v) is 5.98. The largest absolute Gasteiger partial charge is 0.346 e. The molecule has 0 bridgehead atoms. The van der Waals surface area contributed by atoms with Gasteiger partial charge in [0.05, 0.1) is 22.3 Å². The minimum absolute atomic E-state index is 0.243. The number of benzene rings is 2. The summed E-state index contributed by atoms with van der Waals surface area (Å²) >= 11 is 32.6. The molecular formula is C22H18Cl5FN4S. The first-order chi connectivity index (χ1) is 15.9. The van der Waals surface area contributed by atoms with E-state index in [0.29, 0.717) is 46.5 Å². The van der Waals surface area contributed by atoms with Crippen molar-refractivity contribution in [1.82, 2.24) is 4.98 Å². The normalized spacial score (nSPS) is 15.8. The first-order valence-electron chi connectivity index (χ1n) is 10.0. The summed E-state index contributed by atoms with van der Waals surface area (Å²) in [5.41, 5.74) is 2.34. The van der Waals surface area contributed by atoms with Gasteiger partial charge >= 0.3 is 0 Å². The summed E-state index contributed by atoms with van der Waals surface area (Å²) in [6, 6.07) is 11.3. The molecule has 1 aromatic heterocycles. The molecule has 0 saturated heterocycles. The van der Waals surface area contributed by atoms with E-state index in [1.54, 1.807) is 30.3 Å². The molecule has 3 aromatic rings. The van der Waals surface area contributed by atoms with E-state index >= 15 is 0 Å². The van der Waals surface area contributed by atoms with Gasteiger partial charge in [-0.3, -0.25) is 5.01 Å². The minimum atomic E-state index is -0.304. The van der Waals surface area contributed by atoms with Gasteiger partial charge in [0.15, 0.2) is 5.13 Å². The van der Waals surface area contributed by atoms with E-state index in [2.05, 4.69) is 4.98 Å². The zero-order valence-corrected chi connectivity index (χ0v) is 21.7. The van der Waals surface area contributed by atoms with Crippen molar-refractivity contribution in [3.63, 3.8) is 0 Å². The number of thiazole rings is 1. The summed E-state index contributed by atoms with van der Waals surface area (Å²) < 4.78 is 13.5. The van der Waals surface area contributed by atoms with Gasteiger partial charge in [0.25, 0.3) is 0 Å². The maximum absolute atomic E-state index is 13.5. The quantitative estimate of drug-likeness (QED) is 0.260. The Bertz CT molecular complexity index is 1130. The van der Waals surface area contributed by atoms with Gasteiger partial charge < -0.3 is 4.90 Å². The molecule has 2 aromatic carbocycles. The molecule has 4 rings (SSSR count). The first-order valence-corrected chi connectivity index (χ1v) is 13.0. The maximum atomic E-state index is 13.5. The summed E-state index contributed by atoms with van der Waals surface area (Å²) in [6.07, 6.45) is 0.544. The van der Waals surface area contributed by atoms with Gasteiger partial charge in [-0.05, 0) is 35.9 Å². The number of halogens is 6. The Kier molecular flexibility index (Phi) is 8.26. The summed E-state index contributed by atoms with van der Waals surface area (Å²) in [4.78, 5) is 7.44. The molecule has 0 N–H and O–H groups in total. The lowest BCUT2D eigenvalue weighted by atomic mass is 10.0. The van der Waals surface area contributed by atoms with Gasteiger partial charge in [-0.1, -0.05) is 58.3 Å². The van der Waals surface area contributed by atoms with Crippen molar-refractivity contribution in [3.8, 4) is 0 Å². The van der Waals surface area contributed by atoms with Crippen molar-refractivity contribution in [2.75, 3.05) is 34.8 Å². The number of anilines is 2. The number of hydrazone groups is 1. The van der Waals surface area contributed by atoms with Crippen LogP contribution in [0, 0.1) is 5.82 Å². The number of hydrogen-bond acceptors (Lipinski definition) is 5. The fraction of sp³-hybridized carbons (Fsp3) is 0.273. The van der Waals surface area contributed by atoms with Crippen molar-refractivity contribution in [3.05, 3.63) is 73.9 Å². The Morgan fingerprint density at radius 1 is 1.00 bits per heavy atom. The Balaban J connectivity index is 1.75. The highest BCUT2D eigenvalue weighted by molar-refractivity contribution is 7.16. The number of aromatic nitrogens is 1. The van der Waals surface area contributed by atoms with E-state index in [9.17, 15) is 4.39 Å². The number of alkyl halides is 2. The molecule has 0 saturated carbocycles. The SMILES string of the molecule is Fc1ccc(C2=NN(c3cc(Cl)cc(Cl)c3)C(c3sc(N(CCCl)CCCl)nc3Cl)C2)cc1. The van der Waals surface area contributed by atoms with E-state index < -0.39 is 0 Å².